The van der Waals surface area contributed by atoms with Gasteiger partial charge in [0.25, 0.3) is 0 Å². The summed E-state index contributed by atoms with van der Waals surface area (Å²) in [6, 6.07) is 7.01. The standard InChI is InChI=1S/C23H29N3O5S/c1-30-17-7-9-18(10-8-17)31-21-14-16(12-13-24-21)20-11-6-15-4-3-5-19(15)22(20)25-23(27)26-32(2,28)29/h6,11-14,17-18H,3-5,7-10H2,1-2H3,(H2,25,26,27). The smallest absolute Gasteiger partial charge is 0.332 e. The summed E-state index contributed by atoms with van der Waals surface area (Å²) in [5.41, 5.74) is 4.51. The van der Waals surface area contributed by atoms with Crippen LogP contribution in [-0.4, -0.2) is 45.0 Å². The first kappa shape index (κ1) is 22.5. The van der Waals surface area contributed by atoms with Crippen LogP contribution in [0.1, 0.15) is 43.2 Å². The normalized spacial score (nSPS) is 20.4. The fourth-order valence-corrected chi connectivity index (χ4v) is 4.94. The maximum Gasteiger partial charge on any atom is 0.332 e. The summed E-state index contributed by atoms with van der Waals surface area (Å²) in [4.78, 5) is 16.7. The fourth-order valence-electron chi connectivity index (χ4n) is 4.56. The number of amides is 2. The van der Waals surface area contributed by atoms with Crippen LogP contribution in [0, 0.1) is 0 Å². The second kappa shape index (κ2) is 9.46. The number of benzene rings is 1. The van der Waals surface area contributed by atoms with Gasteiger partial charge in [-0.2, -0.15) is 0 Å². The van der Waals surface area contributed by atoms with Gasteiger partial charge in [-0.25, -0.2) is 22.9 Å². The lowest BCUT2D eigenvalue weighted by atomic mass is 9.95. The third kappa shape index (κ3) is 5.39. The van der Waals surface area contributed by atoms with Crippen molar-refractivity contribution < 1.29 is 22.7 Å². The molecule has 8 nitrogen and oxygen atoms in total. The maximum atomic E-state index is 12.3. The Morgan fingerprint density at radius 2 is 1.84 bits per heavy atom. The number of rotatable bonds is 6. The number of sulfonamides is 1. The summed E-state index contributed by atoms with van der Waals surface area (Å²) in [7, 11) is -1.92. The molecule has 2 aromatic rings. The topological polar surface area (TPSA) is 107 Å². The lowest BCUT2D eigenvalue weighted by molar-refractivity contribution is 0.0314. The Hall–Kier alpha value is -2.65. The Morgan fingerprint density at radius 1 is 1.09 bits per heavy atom. The Kier molecular flexibility index (Phi) is 6.66. The molecule has 0 aliphatic heterocycles. The van der Waals surface area contributed by atoms with E-state index in [4.69, 9.17) is 9.47 Å². The molecule has 2 N–H and O–H groups in total. The zero-order chi connectivity index (χ0) is 22.7. The van der Waals surface area contributed by atoms with Crippen molar-refractivity contribution in [3.05, 3.63) is 41.6 Å². The quantitative estimate of drug-likeness (QED) is 0.683. The molecule has 2 amide bonds. The summed E-state index contributed by atoms with van der Waals surface area (Å²) >= 11 is 0. The zero-order valence-electron chi connectivity index (χ0n) is 18.4. The average molecular weight is 460 g/mol. The van der Waals surface area contributed by atoms with Gasteiger partial charge in [-0.3, -0.25) is 0 Å². The Balaban J connectivity index is 1.59. The van der Waals surface area contributed by atoms with Gasteiger partial charge in [-0.1, -0.05) is 12.1 Å². The molecule has 1 fully saturated rings. The van der Waals surface area contributed by atoms with Crippen LogP contribution in [0.5, 0.6) is 5.88 Å². The number of urea groups is 1. The number of carbonyl (C=O) groups is 1. The molecule has 4 rings (SSSR count). The van der Waals surface area contributed by atoms with Gasteiger partial charge in [0.2, 0.25) is 15.9 Å². The molecule has 1 aromatic heterocycles. The highest BCUT2D eigenvalue weighted by atomic mass is 32.2. The van der Waals surface area contributed by atoms with Crippen LogP contribution in [0.15, 0.2) is 30.5 Å². The number of ether oxygens (including phenoxy) is 2. The second-order valence-corrected chi connectivity index (χ2v) is 10.2. The number of aryl methyl sites for hydroxylation is 1. The molecule has 2 aliphatic rings. The number of hydrogen-bond acceptors (Lipinski definition) is 6. The van der Waals surface area contributed by atoms with E-state index in [0.29, 0.717) is 17.7 Å². The van der Waals surface area contributed by atoms with Crippen molar-refractivity contribution in [2.24, 2.45) is 0 Å². The van der Waals surface area contributed by atoms with E-state index >= 15 is 0 Å². The SMILES string of the molecule is COC1CCC(Oc2cc(-c3ccc4c(c3NC(=O)NS(C)(=O)=O)CCC4)ccn2)CC1. The zero-order valence-corrected chi connectivity index (χ0v) is 19.2. The summed E-state index contributed by atoms with van der Waals surface area (Å²) in [5.74, 6) is 0.537. The van der Waals surface area contributed by atoms with Crippen molar-refractivity contribution in [3.63, 3.8) is 0 Å². The molecule has 32 heavy (non-hydrogen) atoms. The Morgan fingerprint density at radius 3 is 2.56 bits per heavy atom. The first-order valence-corrected chi connectivity index (χ1v) is 12.8. The lowest BCUT2D eigenvalue weighted by Gasteiger charge is -2.27. The maximum absolute atomic E-state index is 12.3. The van der Waals surface area contributed by atoms with E-state index in [1.54, 1.807) is 13.3 Å². The molecule has 0 spiro atoms. The van der Waals surface area contributed by atoms with Crippen molar-refractivity contribution in [3.8, 4) is 17.0 Å². The van der Waals surface area contributed by atoms with E-state index in [1.807, 2.05) is 22.9 Å². The van der Waals surface area contributed by atoms with Gasteiger partial charge in [-0.05, 0) is 67.7 Å². The van der Waals surface area contributed by atoms with Crippen molar-refractivity contribution in [2.45, 2.75) is 57.2 Å². The Labute approximate surface area is 188 Å². The molecular formula is C23H29N3O5S. The number of methoxy groups -OCH3 is 1. The van der Waals surface area contributed by atoms with Gasteiger partial charge < -0.3 is 14.8 Å². The van der Waals surface area contributed by atoms with Crippen LogP contribution in [-0.2, 0) is 27.6 Å². The van der Waals surface area contributed by atoms with Crippen LogP contribution in [0.2, 0.25) is 0 Å². The number of nitrogens with one attached hydrogen (secondary N) is 2. The third-order valence-electron chi connectivity index (χ3n) is 6.09. The molecule has 9 heteroatoms. The molecular weight excluding hydrogens is 430 g/mol. The van der Waals surface area contributed by atoms with E-state index < -0.39 is 16.1 Å². The van der Waals surface area contributed by atoms with Gasteiger partial charge in [-0.15, -0.1) is 0 Å². The van der Waals surface area contributed by atoms with Crippen LogP contribution < -0.4 is 14.8 Å². The first-order valence-electron chi connectivity index (χ1n) is 10.9. The van der Waals surface area contributed by atoms with E-state index in [9.17, 15) is 13.2 Å². The number of anilines is 1. The highest BCUT2D eigenvalue weighted by Gasteiger charge is 2.24. The highest BCUT2D eigenvalue weighted by molar-refractivity contribution is 7.89. The summed E-state index contributed by atoms with van der Waals surface area (Å²) < 4.78 is 36.5. The van der Waals surface area contributed by atoms with E-state index in [0.717, 1.165) is 67.9 Å². The molecule has 0 unspecified atom stereocenters. The van der Waals surface area contributed by atoms with Crippen LogP contribution in [0.4, 0.5) is 10.5 Å². The minimum absolute atomic E-state index is 0.0994. The molecule has 1 heterocycles. The number of carbonyl (C=O) groups excluding carboxylic acids is 1. The monoisotopic (exact) mass is 459 g/mol. The number of hydrogen-bond donors (Lipinski definition) is 2. The van der Waals surface area contributed by atoms with E-state index in [1.165, 1.54) is 5.56 Å². The first-order chi connectivity index (χ1) is 15.3. The van der Waals surface area contributed by atoms with Gasteiger partial charge in [0.15, 0.2) is 0 Å². The molecule has 0 bridgehead atoms. The average Bonchev–Trinajstić information content (AvgIpc) is 3.23. The largest absolute Gasteiger partial charge is 0.474 e. The van der Waals surface area contributed by atoms with Gasteiger partial charge in [0, 0.05) is 24.9 Å². The summed E-state index contributed by atoms with van der Waals surface area (Å²) in [6.07, 6.45) is 9.58. The van der Waals surface area contributed by atoms with E-state index in [2.05, 4.69) is 16.4 Å². The lowest BCUT2D eigenvalue weighted by Crippen LogP contribution is -2.33. The highest BCUT2D eigenvalue weighted by Crippen LogP contribution is 2.38. The fraction of sp³-hybridized carbons (Fsp3) is 0.478. The molecule has 1 aromatic carbocycles. The Bertz CT molecular complexity index is 1090. The van der Waals surface area contributed by atoms with Crippen molar-refractivity contribution in [1.29, 1.82) is 0 Å². The molecule has 0 saturated heterocycles. The molecule has 172 valence electrons. The number of fused-ring (bicyclic) bond motifs is 1. The third-order valence-corrected chi connectivity index (χ3v) is 6.64. The minimum atomic E-state index is -3.67. The minimum Gasteiger partial charge on any atom is -0.474 e. The number of pyridine rings is 1. The number of nitrogens with zero attached hydrogens (tertiary/aromatic N) is 1. The molecule has 0 radical (unpaired) electrons. The van der Waals surface area contributed by atoms with Crippen molar-refractivity contribution >= 4 is 21.7 Å². The summed E-state index contributed by atoms with van der Waals surface area (Å²) in [6.45, 7) is 0. The number of aromatic nitrogens is 1. The van der Waals surface area contributed by atoms with Gasteiger partial charge in [0.1, 0.15) is 6.10 Å². The summed E-state index contributed by atoms with van der Waals surface area (Å²) in [5, 5.41) is 2.77. The second-order valence-electron chi connectivity index (χ2n) is 8.44. The van der Waals surface area contributed by atoms with Gasteiger partial charge >= 0.3 is 6.03 Å². The molecule has 1 saturated carbocycles. The molecule has 0 atom stereocenters. The van der Waals surface area contributed by atoms with Crippen LogP contribution in [0.25, 0.3) is 11.1 Å². The van der Waals surface area contributed by atoms with Gasteiger partial charge in [0.05, 0.1) is 18.0 Å². The van der Waals surface area contributed by atoms with Crippen molar-refractivity contribution in [2.75, 3.05) is 18.7 Å². The van der Waals surface area contributed by atoms with Crippen molar-refractivity contribution in [1.82, 2.24) is 9.71 Å². The van der Waals surface area contributed by atoms with Crippen LogP contribution in [0.3, 0.4) is 0 Å². The predicted octanol–water partition coefficient (Wildman–Crippen LogP) is 3.65. The predicted molar refractivity (Wildman–Crippen MR) is 122 cm³/mol. The van der Waals surface area contributed by atoms with Crippen LogP contribution >= 0.6 is 0 Å². The molecule has 2 aliphatic carbocycles. The van der Waals surface area contributed by atoms with E-state index in [-0.39, 0.29) is 6.10 Å².